The Morgan fingerprint density at radius 2 is 2.00 bits per heavy atom. The van der Waals surface area contributed by atoms with Crippen molar-refractivity contribution in [2.24, 2.45) is 0 Å². The van der Waals surface area contributed by atoms with E-state index in [1.807, 2.05) is 30.3 Å². The SMILES string of the molecule is CCOC(=O)C(=O)NCCn1nc(-c2ccccc2)n(C2CC2)c1=O. The topological polar surface area (TPSA) is 95.2 Å². The zero-order valence-corrected chi connectivity index (χ0v) is 14.0. The van der Waals surface area contributed by atoms with Gasteiger partial charge in [0.2, 0.25) is 0 Å². The minimum absolute atomic E-state index is 0.119. The molecule has 1 aliphatic carbocycles. The smallest absolute Gasteiger partial charge is 0.396 e. The average molecular weight is 344 g/mol. The number of rotatable bonds is 6. The number of nitrogens with zero attached hydrogens (tertiary/aromatic N) is 3. The molecule has 132 valence electrons. The molecule has 1 N–H and O–H groups in total. The predicted molar refractivity (Wildman–Crippen MR) is 89.8 cm³/mol. The fraction of sp³-hybridized carbons (Fsp3) is 0.412. The Bertz CT molecular complexity index is 821. The first kappa shape index (κ1) is 16.9. The van der Waals surface area contributed by atoms with E-state index in [-0.39, 0.29) is 31.4 Å². The van der Waals surface area contributed by atoms with Gasteiger partial charge in [0.05, 0.1) is 13.2 Å². The Balaban J connectivity index is 1.73. The molecule has 0 unspecified atom stereocenters. The van der Waals surface area contributed by atoms with Crippen molar-refractivity contribution in [1.29, 1.82) is 0 Å². The summed E-state index contributed by atoms with van der Waals surface area (Å²) in [6, 6.07) is 9.71. The van der Waals surface area contributed by atoms with E-state index in [1.165, 1.54) is 4.68 Å². The van der Waals surface area contributed by atoms with E-state index in [0.29, 0.717) is 5.82 Å². The quantitative estimate of drug-likeness (QED) is 0.616. The lowest BCUT2D eigenvalue weighted by molar-refractivity contribution is -0.154. The van der Waals surface area contributed by atoms with Crippen LogP contribution < -0.4 is 11.0 Å². The summed E-state index contributed by atoms with van der Waals surface area (Å²) in [6.45, 7) is 2.06. The number of ether oxygens (including phenoxy) is 1. The van der Waals surface area contributed by atoms with Gasteiger partial charge in [0.25, 0.3) is 0 Å². The van der Waals surface area contributed by atoms with Crippen LogP contribution in [0, 0.1) is 0 Å². The van der Waals surface area contributed by atoms with Gasteiger partial charge in [-0.3, -0.25) is 9.36 Å². The Labute approximate surface area is 144 Å². The number of hydrogen-bond acceptors (Lipinski definition) is 5. The van der Waals surface area contributed by atoms with Gasteiger partial charge in [-0.25, -0.2) is 14.3 Å². The number of esters is 1. The third-order valence-corrected chi connectivity index (χ3v) is 3.88. The lowest BCUT2D eigenvalue weighted by atomic mass is 10.2. The monoisotopic (exact) mass is 344 g/mol. The number of carbonyl (C=O) groups is 2. The van der Waals surface area contributed by atoms with Crippen LogP contribution in [0.4, 0.5) is 0 Å². The highest BCUT2D eigenvalue weighted by Crippen LogP contribution is 2.36. The Kier molecular flexibility index (Phi) is 4.97. The number of nitrogens with one attached hydrogen (secondary N) is 1. The summed E-state index contributed by atoms with van der Waals surface area (Å²) in [4.78, 5) is 35.4. The number of benzene rings is 1. The summed E-state index contributed by atoms with van der Waals surface area (Å²) in [5.74, 6) is -1.12. The van der Waals surface area contributed by atoms with Crippen LogP contribution >= 0.6 is 0 Å². The molecule has 3 rings (SSSR count). The molecule has 2 aromatic rings. The van der Waals surface area contributed by atoms with Crippen molar-refractivity contribution in [2.45, 2.75) is 32.4 Å². The van der Waals surface area contributed by atoms with Crippen LogP contribution in [0.5, 0.6) is 0 Å². The molecule has 0 bridgehead atoms. The van der Waals surface area contributed by atoms with Gasteiger partial charge in [0.1, 0.15) is 0 Å². The van der Waals surface area contributed by atoms with E-state index in [0.717, 1.165) is 18.4 Å². The summed E-state index contributed by atoms with van der Waals surface area (Å²) in [6.07, 6.45) is 1.93. The molecule has 1 heterocycles. The second kappa shape index (κ2) is 7.33. The van der Waals surface area contributed by atoms with Gasteiger partial charge in [0.15, 0.2) is 5.82 Å². The maximum Gasteiger partial charge on any atom is 0.396 e. The van der Waals surface area contributed by atoms with Crippen LogP contribution in [0.2, 0.25) is 0 Å². The van der Waals surface area contributed by atoms with Crippen molar-refractivity contribution in [1.82, 2.24) is 19.7 Å². The van der Waals surface area contributed by atoms with Crippen LogP contribution in [0.1, 0.15) is 25.8 Å². The molecule has 0 radical (unpaired) electrons. The van der Waals surface area contributed by atoms with E-state index in [2.05, 4.69) is 15.2 Å². The molecule has 1 aliphatic rings. The minimum Gasteiger partial charge on any atom is -0.459 e. The second-order valence-electron chi connectivity index (χ2n) is 5.77. The molecule has 1 saturated carbocycles. The molecule has 0 atom stereocenters. The first-order valence-corrected chi connectivity index (χ1v) is 8.31. The van der Waals surface area contributed by atoms with Crippen molar-refractivity contribution < 1.29 is 14.3 Å². The van der Waals surface area contributed by atoms with Gasteiger partial charge in [-0.15, -0.1) is 5.10 Å². The number of aromatic nitrogens is 3. The summed E-state index contributed by atoms with van der Waals surface area (Å²) in [5.41, 5.74) is 0.674. The highest BCUT2D eigenvalue weighted by Gasteiger charge is 2.30. The molecule has 25 heavy (non-hydrogen) atoms. The molecular weight excluding hydrogens is 324 g/mol. The first-order chi connectivity index (χ1) is 12.1. The molecule has 0 aliphatic heterocycles. The lowest BCUT2D eigenvalue weighted by Gasteiger charge is -2.03. The Hall–Kier alpha value is -2.90. The highest BCUT2D eigenvalue weighted by atomic mass is 16.5. The van der Waals surface area contributed by atoms with Crippen molar-refractivity contribution in [3.05, 3.63) is 40.8 Å². The Morgan fingerprint density at radius 3 is 2.64 bits per heavy atom. The maximum atomic E-state index is 12.6. The standard InChI is InChI=1S/C17H20N4O4/c1-2-25-16(23)15(22)18-10-11-20-17(24)21(13-8-9-13)14(19-20)12-6-4-3-5-7-12/h3-7,13H,2,8-11H2,1H3,(H,18,22). The van der Waals surface area contributed by atoms with Gasteiger partial charge >= 0.3 is 17.6 Å². The molecule has 1 amide bonds. The molecule has 0 spiro atoms. The second-order valence-corrected chi connectivity index (χ2v) is 5.77. The first-order valence-electron chi connectivity index (χ1n) is 8.31. The lowest BCUT2D eigenvalue weighted by Crippen LogP contribution is -2.36. The fourth-order valence-electron chi connectivity index (χ4n) is 2.56. The van der Waals surface area contributed by atoms with Gasteiger partial charge in [0, 0.05) is 18.2 Å². The summed E-state index contributed by atoms with van der Waals surface area (Å²) < 4.78 is 7.65. The molecule has 1 aromatic heterocycles. The van der Waals surface area contributed by atoms with Gasteiger partial charge in [-0.05, 0) is 19.8 Å². The maximum absolute atomic E-state index is 12.6. The summed E-state index contributed by atoms with van der Waals surface area (Å²) in [7, 11) is 0. The van der Waals surface area contributed by atoms with Crippen LogP contribution in [-0.4, -0.2) is 39.4 Å². The van der Waals surface area contributed by atoms with E-state index in [1.54, 1.807) is 11.5 Å². The van der Waals surface area contributed by atoms with Crippen LogP contribution in [0.3, 0.4) is 0 Å². The third kappa shape index (κ3) is 3.78. The zero-order valence-electron chi connectivity index (χ0n) is 14.0. The largest absolute Gasteiger partial charge is 0.459 e. The van der Waals surface area contributed by atoms with Crippen molar-refractivity contribution in [3.63, 3.8) is 0 Å². The van der Waals surface area contributed by atoms with Crippen molar-refractivity contribution in [3.8, 4) is 11.4 Å². The summed E-state index contributed by atoms with van der Waals surface area (Å²) >= 11 is 0. The van der Waals surface area contributed by atoms with E-state index >= 15 is 0 Å². The van der Waals surface area contributed by atoms with E-state index in [9.17, 15) is 14.4 Å². The third-order valence-electron chi connectivity index (χ3n) is 3.88. The zero-order chi connectivity index (χ0) is 17.8. The van der Waals surface area contributed by atoms with Crippen molar-refractivity contribution >= 4 is 11.9 Å². The number of amides is 1. The molecule has 8 nitrogen and oxygen atoms in total. The van der Waals surface area contributed by atoms with Gasteiger partial charge < -0.3 is 10.1 Å². The number of carbonyl (C=O) groups excluding carboxylic acids is 2. The molecular formula is C17H20N4O4. The Morgan fingerprint density at radius 1 is 1.28 bits per heavy atom. The highest BCUT2D eigenvalue weighted by molar-refractivity contribution is 6.32. The van der Waals surface area contributed by atoms with Gasteiger partial charge in [-0.2, -0.15) is 0 Å². The number of hydrogen-bond donors (Lipinski definition) is 1. The minimum atomic E-state index is -0.927. The van der Waals surface area contributed by atoms with E-state index in [4.69, 9.17) is 0 Å². The molecule has 1 fully saturated rings. The van der Waals surface area contributed by atoms with Crippen LogP contribution in [-0.2, 0) is 20.9 Å². The van der Waals surface area contributed by atoms with Crippen molar-refractivity contribution in [2.75, 3.05) is 13.2 Å². The normalized spacial score (nSPS) is 13.5. The average Bonchev–Trinajstić information content (AvgIpc) is 3.40. The molecule has 1 aromatic carbocycles. The van der Waals surface area contributed by atoms with Gasteiger partial charge in [-0.1, -0.05) is 30.3 Å². The van der Waals surface area contributed by atoms with Crippen LogP contribution in [0.15, 0.2) is 35.1 Å². The molecule has 8 heteroatoms. The summed E-state index contributed by atoms with van der Waals surface area (Å²) in [5, 5.41) is 6.85. The van der Waals surface area contributed by atoms with Crippen LogP contribution in [0.25, 0.3) is 11.4 Å². The fourth-order valence-corrected chi connectivity index (χ4v) is 2.56. The van der Waals surface area contributed by atoms with E-state index < -0.39 is 11.9 Å². The predicted octanol–water partition coefficient (Wildman–Crippen LogP) is 0.726. The molecule has 0 saturated heterocycles.